The summed E-state index contributed by atoms with van der Waals surface area (Å²) in [5.74, 6) is 0.848. The topological polar surface area (TPSA) is 57.0 Å². The molecule has 1 aromatic carbocycles. The smallest absolute Gasteiger partial charge is 0.191 e. The van der Waals surface area contributed by atoms with Gasteiger partial charge >= 0.3 is 0 Å². The maximum atomic E-state index is 4.69. The maximum Gasteiger partial charge on any atom is 0.191 e. The number of fused-ring (bicyclic) bond motifs is 1. The number of aliphatic imine (C=N–C) groups is 1. The Morgan fingerprint density at radius 3 is 2.63 bits per heavy atom. The summed E-state index contributed by atoms with van der Waals surface area (Å²) in [5, 5.41) is 7.02. The SMILES string of the molecule is CN=C(NCc1cn2c(C)cccc2n1)NC1CCN(Cc2ccccc2C)CC1. The van der Waals surface area contributed by atoms with Crippen LogP contribution in [-0.4, -0.2) is 46.4 Å². The summed E-state index contributed by atoms with van der Waals surface area (Å²) in [6, 6.07) is 15.3. The molecule has 0 atom stereocenters. The molecule has 0 aliphatic carbocycles. The molecule has 1 fully saturated rings. The molecular weight excluding hydrogens is 372 g/mol. The third-order valence-corrected chi connectivity index (χ3v) is 5.99. The number of rotatable bonds is 5. The first-order valence-electron chi connectivity index (χ1n) is 10.8. The first kappa shape index (κ1) is 20.4. The quantitative estimate of drug-likeness (QED) is 0.506. The van der Waals surface area contributed by atoms with Crippen LogP contribution in [0.15, 0.2) is 53.7 Å². The minimum absolute atomic E-state index is 0.452. The number of benzene rings is 1. The predicted octanol–water partition coefficient (Wildman–Crippen LogP) is 3.28. The number of aryl methyl sites for hydroxylation is 2. The van der Waals surface area contributed by atoms with Gasteiger partial charge in [0.1, 0.15) is 5.65 Å². The predicted molar refractivity (Wildman–Crippen MR) is 123 cm³/mol. The number of hydrogen-bond donors (Lipinski definition) is 2. The Balaban J connectivity index is 1.26. The van der Waals surface area contributed by atoms with Gasteiger partial charge in [-0.2, -0.15) is 0 Å². The van der Waals surface area contributed by atoms with Crippen molar-refractivity contribution in [2.45, 2.75) is 45.8 Å². The Bertz CT molecular complexity index is 1010. The van der Waals surface area contributed by atoms with Crippen molar-refractivity contribution < 1.29 is 0 Å². The van der Waals surface area contributed by atoms with E-state index in [1.165, 1.54) is 16.8 Å². The van der Waals surface area contributed by atoms with Crippen LogP contribution >= 0.6 is 0 Å². The summed E-state index contributed by atoms with van der Waals surface area (Å²) < 4.78 is 2.12. The standard InChI is InChI=1S/C24H32N6/c1-18-7-4-5-9-20(18)16-29-13-11-21(12-14-29)28-24(25-3)26-15-22-17-30-19(2)8-6-10-23(30)27-22/h4-10,17,21H,11-16H2,1-3H3,(H2,25,26,28). The van der Waals surface area contributed by atoms with Crippen molar-refractivity contribution in [2.75, 3.05) is 20.1 Å². The van der Waals surface area contributed by atoms with Gasteiger partial charge in [0.05, 0.1) is 12.2 Å². The molecule has 3 aromatic rings. The molecule has 158 valence electrons. The molecule has 1 aliphatic heterocycles. The second-order valence-electron chi connectivity index (χ2n) is 8.17. The number of nitrogens with zero attached hydrogens (tertiary/aromatic N) is 4. The molecule has 2 N–H and O–H groups in total. The van der Waals surface area contributed by atoms with E-state index in [2.05, 4.69) is 75.3 Å². The number of likely N-dealkylation sites (tertiary alicyclic amines) is 1. The monoisotopic (exact) mass is 404 g/mol. The second kappa shape index (κ2) is 9.30. The van der Waals surface area contributed by atoms with Gasteiger partial charge in [0.15, 0.2) is 5.96 Å². The summed E-state index contributed by atoms with van der Waals surface area (Å²) >= 11 is 0. The molecule has 4 rings (SSSR count). The maximum absolute atomic E-state index is 4.69. The molecule has 0 bridgehead atoms. The molecule has 6 heteroatoms. The Morgan fingerprint density at radius 1 is 1.10 bits per heavy atom. The van der Waals surface area contributed by atoms with Crippen LogP contribution in [0, 0.1) is 13.8 Å². The minimum atomic E-state index is 0.452. The van der Waals surface area contributed by atoms with Crippen molar-refractivity contribution in [3.63, 3.8) is 0 Å². The number of nitrogens with one attached hydrogen (secondary N) is 2. The van der Waals surface area contributed by atoms with Crippen molar-refractivity contribution in [3.8, 4) is 0 Å². The van der Waals surface area contributed by atoms with E-state index in [1.807, 2.05) is 19.2 Å². The van der Waals surface area contributed by atoms with E-state index >= 15 is 0 Å². The average Bonchev–Trinajstić information content (AvgIpc) is 3.18. The molecule has 3 heterocycles. The van der Waals surface area contributed by atoms with Crippen molar-refractivity contribution in [1.29, 1.82) is 0 Å². The van der Waals surface area contributed by atoms with Crippen molar-refractivity contribution >= 4 is 11.6 Å². The molecule has 1 saturated heterocycles. The first-order valence-corrected chi connectivity index (χ1v) is 10.8. The molecule has 0 radical (unpaired) electrons. The van der Waals surface area contributed by atoms with Crippen LogP contribution in [0.4, 0.5) is 0 Å². The van der Waals surface area contributed by atoms with E-state index in [0.29, 0.717) is 12.6 Å². The lowest BCUT2D eigenvalue weighted by Gasteiger charge is -2.33. The number of piperidine rings is 1. The second-order valence-corrected chi connectivity index (χ2v) is 8.17. The Hall–Kier alpha value is -2.86. The summed E-state index contributed by atoms with van der Waals surface area (Å²) in [6.07, 6.45) is 4.34. The van der Waals surface area contributed by atoms with Gasteiger partial charge in [-0.3, -0.25) is 9.89 Å². The van der Waals surface area contributed by atoms with Gasteiger partial charge in [-0.15, -0.1) is 0 Å². The van der Waals surface area contributed by atoms with Crippen molar-refractivity contribution in [2.24, 2.45) is 4.99 Å². The lowest BCUT2D eigenvalue weighted by atomic mass is 10.0. The van der Waals surface area contributed by atoms with Gasteiger partial charge in [-0.25, -0.2) is 4.98 Å². The van der Waals surface area contributed by atoms with Gasteiger partial charge in [-0.05, 0) is 49.9 Å². The van der Waals surface area contributed by atoms with E-state index in [1.54, 1.807) is 0 Å². The molecule has 0 unspecified atom stereocenters. The minimum Gasteiger partial charge on any atom is -0.354 e. The van der Waals surface area contributed by atoms with Crippen LogP contribution < -0.4 is 10.6 Å². The van der Waals surface area contributed by atoms with Crippen LogP contribution in [0.1, 0.15) is 35.4 Å². The third kappa shape index (κ3) is 4.82. The average molecular weight is 405 g/mol. The highest BCUT2D eigenvalue weighted by molar-refractivity contribution is 5.79. The van der Waals surface area contributed by atoms with E-state index in [4.69, 9.17) is 4.98 Å². The van der Waals surface area contributed by atoms with Gasteiger partial charge in [0.25, 0.3) is 0 Å². The summed E-state index contributed by atoms with van der Waals surface area (Å²) in [4.78, 5) is 11.7. The fourth-order valence-corrected chi connectivity index (χ4v) is 4.11. The van der Waals surface area contributed by atoms with Crippen molar-refractivity contribution in [1.82, 2.24) is 24.9 Å². The molecule has 0 saturated carbocycles. The van der Waals surface area contributed by atoms with Crippen LogP contribution in [0.25, 0.3) is 5.65 Å². The van der Waals surface area contributed by atoms with Crippen LogP contribution in [-0.2, 0) is 13.1 Å². The fraction of sp³-hybridized carbons (Fsp3) is 0.417. The zero-order valence-electron chi connectivity index (χ0n) is 18.2. The molecule has 1 aliphatic rings. The molecule has 30 heavy (non-hydrogen) atoms. The Labute approximate surface area is 179 Å². The number of aromatic nitrogens is 2. The zero-order valence-corrected chi connectivity index (χ0v) is 18.2. The molecular formula is C24H32N6. The Morgan fingerprint density at radius 2 is 1.90 bits per heavy atom. The van der Waals surface area contributed by atoms with E-state index in [-0.39, 0.29) is 0 Å². The summed E-state index contributed by atoms with van der Waals surface area (Å²) in [5.41, 5.74) is 6.00. The number of guanidine groups is 1. The van der Waals surface area contributed by atoms with Crippen LogP contribution in [0.3, 0.4) is 0 Å². The zero-order chi connectivity index (χ0) is 20.9. The normalized spacial score (nSPS) is 16.2. The number of pyridine rings is 1. The lowest BCUT2D eigenvalue weighted by molar-refractivity contribution is 0.198. The lowest BCUT2D eigenvalue weighted by Crippen LogP contribution is -2.48. The highest BCUT2D eigenvalue weighted by Gasteiger charge is 2.20. The van der Waals surface area contributed by atoms with Crippen LogP contribution in [0.5, 0.6) is 0 Å². The van der Waals surface area contributed by atoms with E-state index in [0.717, 1.165) is 49.8 Å². The molecule has 0 amide bonds. The largest absolute Gasteiger partial charge is 0.354 e. The van der Waals surface area contributed by atoms with Crippen LogP contribution in [0.2, 0.25) is 0 Å². The van der Waals surface area contributed by atoms with E-state index in [9.17, 15) is 0 Å². The highest BCUT2D eigenvalue weighted by Crippen LogP contribution is 2.16. The van der Waals surface area contributed by atoms with Gasteiger partial charge < -0.3 is 15.0 Å². The molecule has 6 nitrogen and oxygen atoms in total. The first-order chi connectivity index (χ1) is 14.6. The van der Waals surface area contributed by atoms with E-state index < -0.39 is 0 Å². The molecule has 2 aromatic heterocycles. The highest BCUT2D eigenvalue weighted by atomic mass is 15.2. The summed E-state index contributed by atoms with van der Waals surface area (Å²) in [7, 11) is 1.83. The molecule has 0 spiro atoms. The van der Waals surface area contributed by atoms with Gasteiger partial charge in [-0.1, -0.05) is 30.3 Å². The third-order valence-electron chi connectivity index (χ3n) is 5.99. The van der Waals surface area contributed by atoms with Crippen molar-refractivity contribution in [3.05, 3.63) is 71.2 Å². The number of imidazole rings is 1. The number of hydrogen-bond acceptors (Lipinski definition) is 3. The Kier molecular flexibility index (Phi) is 6.33. The summed E-state index contributed by atoms with van der Waals surface area (Å²) in [6.45, 7) is 8.21. The van der Waals surface area contributed by atoms with Gasteiger partial charge in [0, 0.05) is 44.6 Å². The van der Waals surface area contributed by atoms with Gasteiger partial charge in [0.2, 0.25) is 0 Å². The fourth-order valence-electron chi connectivity index (χ4n) is 4.11.